The molecule has 0 unspecified atom stereocenters. The van der Waals surface area contributed by atoms with Crippen LogP contribution in [0, 0.1) is 5.92 Å². The highest BCUT2D eigenvalue weighted by Gasteiger charge is 2.16. The smallest absolute Gasteiger partial charge is 0.328 e. The lowest BCUT2D eigenvalue weighted by Gasteiger charge is -2.30. The van der Waals surface area contributed by atoms with Gasteiger partial charge in [-0.25, -0.2) is 4.79 Å². The van der Waals surface area contributed by atoms with Crippen LogP contribution in [0.25, 0.3) is 10.9 Å². The van der Waals surface area contributed by atoms with Crippen molar-refractivity contribution in [2.75, 3.05) is 26.2 Å². The minimum atomic E-state index is -0.463. The SMILES string of the molecule is CC1CCN(CCNC(=O)c2ccc3c(=O)n(CCc4ccccc4)c(=O)[nH]c3c2)CC1. The van der Waals surface area contributed by atoms with Crippen LogP contribution in [-0.2, 0) is 13.0 Å². The molecule has 0 radical (unpaired) electrons. The number of fused-ring (bicyclic) bond motifs is 1. The molecule has 0 atom stereocenters. The lowest BCUT2D eigenvalue weighted by Crippen LogP contribution is -2.39. The van der Waals surface area contributed by atoms with Gasteiger partial charge in [-0.2, -0.15) is 0 Å². The van der Waals surface area contributed by atoms with Crippen molar-refractivity contribution in [2.45, 2.75) is 32.7 Å². The minimum Gasteiger partial charge on any atom is -0.351 e. The van der Waals surface area contributed by atoms with Crippen molar-refractivity contribution in [3.63, 3.8) is 0 Å². The molecule has 1 fully saturated rings. The van der Waals surface area contributed by atoms with E-state index in [1.807, 2.05) is 30.3 Å². The second-order valence-corrected chi connectivity index (χ2v) is 8.66. The number of nitrogens with zero attached hydrogens (tertiary/aromatic N) is 2. The molecule has 2 aromatic carbocycles. The van der Waals surface area contributed by atoms with Crippen LogP contribution in [0.5, 0.6) is 0 Å². The molecule has 3 aromatic rings. The Balaban J connectivity index is 1.42. The highest BCUT2D eigenvalue weighted by molar-refractivity contribution is 5.97. The average Bonchev–Trinajstić information content (AvgIpc) is 2.80. The number of aryl methyl sites for hydroxylation is 1. The van der Waals surface area contributed by atoms with E-state index in [0.717, 1.165) is 31.1 Å². The normalized spacial score (nSPS) is 15.2. The Labute approximate surface area is 187 Å². The number of hydrogen-bond acceptors (Lipinski definition) is 4. The molecule has 2 heterocycles. The highest BCUT2D eigenvalue weighted by Crippen LogP contribution is 2.15. The Morgan fingerprint density at radius 1 is 1.06 bits per heavy atom. The molecule has 0 saturated carbocycles. The average molecular weight is 435 g/mol. The second kappa shape index (κ2) is 9.96. The van der Waals surface area contributed by atoms with Crippen LogP contribution >= 0.6 is 0 Å². The van der Waals surface area contributed by atoms with Crippen LogP contribution in [-0.4, -0.2) is 46.5 Å². The molecular weight excluding hydrogens is 404 g/mol. The Morgan fingerprint density at radius 2 is 1.81 bits per heavy atom. The molecule has 1 aromatic heterocycles. The summed E-state index contributed by atoms with van der Waals surface area (Å²) in [6.07, 6.45) is 3.00. The standard InChI is InChI=1S/C25H30N4O3/c1-18-9-13-28(14-10-18)16-12-26-23(30)20-7-8-21-22(17-20)27-25(32)29(24(21)31)15-11-19-5-3-2-4-6-19/h2-8,17-18H,9-16H2,1H3,(H,26,30)(H,27,32). The van der Waals surface area contributed by atoms with E-state index in [1.54, 1.807) is 18.2 Å². The van der Waals surface area contributed by atoms with Gasteiger partial charge in [0.05, 0.1) is 10.9 Å². The molecule has 1 aliphatic rings. The Hall–Kier alpha value is -3.19. The Bertz CT molecular complexity index is 1190. The predicted octanol–water partition coefficient (Wildman–Crippen LogP) is 2.39. The lowest BCUT2D eigenvalue weighted by atomic mass is 9.99. The summed E-state index contributed by atoms with van der Waals surface area (Å²) in [6, 6.07) is 14.6. The van der Waals surface area contributed by atoms with E-state index in [1.165, 1.54) is 17.4 Å². The van der Waals surface area contributed by atoms with Crippen LogP contribution in [0.4, 0.5) is 0 Å². The molecule has 1 saturated heterocycles. The number of piperidine rings is 1. The summed E-state index contributed by atoms with van der Waals surface area (Å²) in [5, 5.41) is 3.34. The molecule has 2 N–H and O–H groups in total. The summed E-state index contributed by atoms with van der Waals surface area (Å²) in [5.41, 5.74) is 1.07. The topological polar surface area (TPSA) is 87.2 Å². The van der Waals surface area contributed by atoms with Crippen molar-refractivity contribution in [1.82, 2.24) is 19.8 Å². The highest BCUT2D eigenvalue weighted by atomic mass is 16.2. The van der Waals surface area contributed by atoms with Crippen LogP contribution in [0.2, 0.25) is 0 Å². The van der Waals surface area contributed by atoms with Crippen molar-refractivity contribution in [3.8, 4) is 0 Å². The number of hydrogen-bond donors (Lipinski definition) is 2. The predicted molar refractivity (Wildman–Crippen MR) is 126 cm³/mol. The van der Waals surface area contributed by atoms with E-state index in [4.69, 9.17) is 0 Å². The molecule has 168 valence electrons. The summed E-state index contributed by atoms with van der Waals surface area (Å²) < 4.78 is 1.22. The fourth-order valence-corrected chi connectivity index (χ4v) is 4.20. The molecule has 7 heteroatoms. The van der Waals surface area contributed by atoms with Crippen molar-refractivity contribution < 1.29 is 4.79 Å². The van der Waals surface area contributed by atoms with Crippen LogP contribution < -0.4 is 16.6 Å². The van der Waals surface area contributed by atoms with E-state index in [9.17, 15) is 14.4 Å². The summed E-state index contributed by atoms with van der Waals surface area (Å²) in [7, 11) is 0. The van der Waals surface area contributed by atoms with Gasteiger partial charge in [0.1, 0.15) is 0 Å². The monoisotopic (exact) mass is 434 g/mol. The van der Waals surface area contributed by atoms with E-state index < -0.39 is 5.69 Å². The number of carbonyl (C=O) groups excluding carboxylic acids is 1. The first-order valence-corrected chi connectivity index (χ1v) is 11.3. The van der Waals surface area contributed by atoms with Crippen molar-refractivity contribution in [1.29, 1.82) is 0 Å². The molecule has 0 aliphatic carbocycles. The maximum Gasteiger partial charge on any atom is 0.328 e. The molecule has 0 spiro atoms. The first kappa shape index (κ1) is 22.0. The molecule has 32 heavy (non-hydrogen) atoms. The van der Waals surface area contributed by atoms with Gasteiger partial charge in [-0.05, 0) is 62.0 Å². The van der Waals surface area contributed by atoms with Crippen molar-refractivity contribution in [3.05, 3.63) is 80.5 Å². The summed E-state index contributed by atoms with van der Waals surface area (Å²) >= 11 is 0. The summed E-state index contributed by atoms with van der Waals surface area (Å²) in [4.78, 5) is 43.1. The molecular formula is C25H30N4O3. The van der Waals surface area contributed by atoms with Gasteiger partial charge >= 0.3 is 5.69 Å². The zero-order chi connectivity index (χ0) is 22.5. The van der Waals surface area contributed by atoms with Crippen LogP contribution in [0.3, 0.4) is 0 Å². The van der Waals surface area contributed by atoms with Gasteiger partial charge < -0.3 is 15.2 Å². The minimum absolute atomic E-state index is 0.202. The number of aromatic nitrogens is 2. The fraction of sp³-hybridized carbons (Fsp3) is 0.400. The number of likely N-dealkylation sites (tertiary alicyclic amines) is 1. The maximum absolute atomic E-state index is 12.9. The van der Waals surface area contributed by atoms with Gasteiger partial charge in [-0.3, -0.25) is 14.2 Å². The number of aromatic amines is 1. The zero-order valence-corrected chi connectivity index (χ0v) is 18.5. The summed E-state index contributed by atoms with van der Waals surface area (Å²) in [5.74, 6) is 0.579. The summed E-state index contributed by atoms with van der Waals surface area (Å²) in [6.45, 7) is 6.13. The second-order valence-electron chi connectivity index (χ2n) is 8.66. The number of H-pyrrole nitrogens is 1. The Morgan fingerprint density at radius 3 is 2.56 bits per heavy atom. The van der Waals surface area contributed by atoms with Gasteiger partial charge in [0.25, 0.3) is 11.5 Å². The van der Waals surface area contributed by atoms with E-state index in [0.29, 0.717) is 36.0 Å². The zero-order valence-electron chi connectivity index (χ0n) is 18.5. The molecule has 1 aliphatic heterocycles. The number of nitrogens with one attached hydrogen (secondary N) is 2. The molecule has 1 amide bonds. The number of benzene rings is 2. The Kier molecular flexibility index (Phi) is 6.85. The van der Waals surface area contributed by atoms with Gasteiger partial charge in [0.15, 0.2) is 0 Å². The first-order chi connectivity index (χ1) is 15.5. The number of carbonyl (C=O) groups is 1. The fourth-order valence-electron chi connectivity index (χ4n) is 4.20. The third-order valence-corrected chi connectivity index (χ3v) is 6.30. The third-order valence-electron chi connectivity index (χ3n) is 6.30. The number of rotatable bonds is 7. The third kappa shape index (κ3) is 5.16. The van der Waals surface area contributed by atoms with E-state index >= 15 is 0 Å². The van der Waals surface area contributed by atoms with Gasteiger partial charge in [-0.15, -0.1) is 0 Å². The quantitative estimate of drug-likeness (QED) is 0.598. The van der Waals surface area contributed by atoms with Gasteiger partial charge in [0, 0.05) is 25.2 Å². The van der Waals surface area contributed by atoms with Gasteiger partial charge in [0.2, 0.25) is 0 Å². The van der Waals surface area contributed by atoms with Crippen LogP contribution in [0.1, 0.15) is 35.7 Å². The molecule has 4 rings (SSSR count). The van der Waals surface area contributed by atoms with Crippen LogP contribution in [0.15, 0.2) is 58.1 Å². The first-order valence-electron chi connectivity index (χ1n) is 11.3. The van der Waals surface area contributed by atoms with Crippen molar-refractivity contribution >= 4 is 16.8 Å². The molecule has 0 bridgehead atoms. The van der Waals surface area contributed by atoms with Crippen molar-refractivity contribution in [2.24, 2.45) is 5.92 Å². The van der Waals surface area contributed by atoms with E-state index in [2.05, 4.69) is 22.1 Å². The molecule has 7 nitrogen and oxygen atoms in total. The van der Waals surface area contributed by atoms with E-state index in [-0.39, 0.29) is 11.5 Å². The largest absolute Gasteiger partial charge is 0.351 e. The van der Waals surface area contributed by atoms with Gasteiger partial charge in [-0.1, -0.05) is 37.3 Å². The number of amides is 1. The lowest BCUT2D eigenvalue weighted by molar-refractivity contribution is 0.0944. The maximum atomic E-state index is 12.9.